The summed E-state index contributed by atoms with van der Waals surface area (Å²) in [4.78, 5) is 13.2. The molecule has 2 rings (SSSR count). The first-order valence-electron chi connectivity index (χ1n) is 7.92. The topological polar surface area (TPSA) is 38.3 Å². The van der Waals surface area contributed by atoms with E-state index < -0.39 is 8.32 Å². The van der Waals surface area contributed by atoms with Crippen LogP contribution in [0.5, 0.6) is 0 Å². The lowest BCUT2D eigenvalue weighted by atomic mass is 9.96. The van der Waals surface area contributed by atoms with E-state index in [0.29, 0.717) is 0 Å². The normalized spacial score (nSPS) is 23.2. The first-order valence-corrected chi connectivity index (χ1v) is 12.1. The van der Waals surface area contributed by atoms with Crippen molar-refractivity contribution in [2.24, 2.45) is 5.92 Å². The maximum atomic E-state index is 12.1. The van der Waals surface area contributed by atoms with Gasteiger partial charge in [0.1, 0.15) is 0 Å². The highest BCUT2D eigenvalue weighted by molar-refractivity contribution is 8.00. The van der Waals surface area contributed by atoms with Crippen molar-refractivity contribution < 1.29 is 9.22 Å². The van der Waals surface area contributed by atoms with Gasteiger partial charge in [0, 0.05) is 9.92 Å². The molecule has 0 bridgehead atoms. The van der Waals surface area contributed by atoms with Crippen LogP contribution in [-0.2, 0) is 9.22 Å². The van der Waals surface area contributed by atoms with Gasteiger partial charge in [-0.15, -0.1) is 11.8 Å². The fraction of sp³-hybridized carbons (Fsp3) is 0.588. The summed E-state index contributed by atoms with van der Waals surface area (Å²) in [5.41, 5.74) is 0. The van der Waals surface area contributed by atoms with Crippen LogP contribution in [0.15, 0.2) is 29.2 Å². The summed E-state index contributed by atoms with van der Waals surface area (Å²) in [5.74, 6) is -0.0209. The predicted molar refractivity (Wildman–Crippen MR) is 100 cm³/mol. The minimum absolute atomic E-state index is 0.0587. The quantitative estimate of drug-likeness (QED) is 0.590. The lowest BCUT2D eigenvalue weighted by Gasteiger charge is -2.45. The van der Waals surface area contributed by atoms with Gasteiger partial charge in [0.2, 0.25) is 5.91 Å². The van der Waals surface area contributed by atoms with Crippen molar-refractivity contribution in [3.8, 4) is 0 Å². The van der Waals surface area contributed by atoms with Gasteiger partial charge in [-0.05, 0) is 49.3 Å². The van der Waals surface area contributed by atoms with E-state index >= 15 is 0 Å². The third-order valence-corrected chi connectivity index (χ3v) is 10.8. The van der Waals surface area contributed by atoms with Crippen LogP contribution in [0, 0.1) is 5.92 Å². The van der Waals surface area contributed by atoms with Gasteiger partial charge in [-0.1, -0.05) is 32.4 Å². The Kier molecular flexibility index (Phi) is 5.56. The van der Waals surface area contributed by atoms with Crippen LogP contribution < -0.4 is 5.32 Å². The lowest BCUT2D eigenvalue weighted by molar-refractivity contribution is -0.136. The zero-order valence-electron chi connectivity index (χ0n) is 14.6. The molecule has 128 valence electrons. The van der Waals surface area contributed by atoms with Crippen molar-refractivity contribution in [3.05, 3.63) is 29.3 Å². The van der Waals surface area contributed by atoms with E-state index in [1.165, 1.54) is 0 Å². The molecule has 1 aliphatic heterocycles. The molecule has 0 radical (unpaired) electrons. The molecule has 3 atom stereocenters. The van der Waals surface area contributed by atoms with Crippen LogP contribution in [0.1, 0.15) is 27.7 Å². The van der Waals surface area contributed by atoms with Gasteiger partial charge in [0.05, 0.1) is 17.4 Å². The Bertz CT molecular complexity index is 571. The standard InChI is InChI=1S/C17H26ClNO2SSi/c1-11(21-23(5,6)17(2,3)4)14-15(20)19-16(14)22-13-9-7-12(18)8-10-13/h7-11,14,16H,1-6H3,(H,19,20)/t11-,14-,16+/m0/s1. The van der Waals surface area contributed by atoms with Crippen LogP contribution in [-0.4, -0.2) is 25.7 Å². The fourth-order valence-electron chi connectivity index (χ4n) is 2.30. The second-order valence-corrected chi connectivity index (χ2v) is 14.0. The van der Waals surface area contributed by atoms with Gasteiger partial charge in [-0.2, -0.15) is 0 Å². The zero-order valence-corrected chi connectivity index (χ0v) is 17.2. The number of benzene rings is 1. The SMILES string of the molecule is C[C@H](O[Si](C)(C)C(C)(C)C)[C@H]1C(=O)N[C@@H]1Sc1ccc(Cl)cc1. The molecule has 1 aromatic carbocycles. The summed E-state index contributed by atoms with van der Waals surface area (Å²) in [5, 5.41) is 3.91. The number of rotatable bonds is 5. The van der Waals surface area contributed by atoms with E-state index in [0.717, 1.165) is 9.92 Å². The second-order valence-electron chi connectivity index (χ2n) is 7.61. The predicted octanol–water partition coefficient (Wildman–Crippen LogP) is 4.91. The summed E-state index contributed by atoms with van der Waals surface area (Å²) in [6.45, 7) is 13.1. The van der Waals surface area contributed by atoms with Crippen molar-refractivity contribution in [1.82, 2.24) is 5.32 Å². The molecule has 1 amide bonds. The maximum absolute atomic E-state index is 12.1. The number of nitrogens with one attached hydrogen (secondary N) is 1. The summed E-state index contributed by atoms with van der Waals surface area (Å²) in [6, 6.07) is 7.70. The maximum Gasteiger partial charge on any atom is 0.229 e. The van der Waals surface area contributed by atoms with Gasteiger partial charge in [0.15, 0.2) is 8.32 Å². The molecule has 1 heterocycles. The molecule has 0 aromatic heterocycles. The average molecular weight is 372 g/mol. The minimum Gasteiger partial charge on any atom is -0.413 e. The van der Waals surface area contributed by atoms with E-state index in [1.807, 2.05) is 31.2 Å². The van der Waals surface area contributed by atoms with Crippen LogP contribution in [0.2, 0.25) is 23.2 Å². The van der Waals surface area contributed by atoms with Gasteiger partial charge in [-0.3, -0.25) is 4.79 Å². The van der Waals surface area contributed by atoms with Crippen LogP contribution >= 0.6 is 23.4 Å². The first kappa shape index (κ1) is 18.8. The van der Waals surface area contributed by atoms with Gasteiger partial charge in [-0.25, -0.2) is 0 Å². The summed E-state index contributed by atoms with van der Waals surface area (Å²) in [6.07, 6.45) is -0.0746. The highest BCUT2D eigenvalue weighted by Crippen LogP contribution is 2.41. The largest absolute Gasteiger partial charge is 0.413 e. The Morgan fingerprint density at radius 3 is 2.30 bits per heavy atom. The number of thioether (sulfide) groups is 1. The third-order valence-electron chi connectivity index (χ3n) is 4.78. The Balaban J connectivity index is 2.02. The molecule has 6 heteroatoms. The Labute approximate surface area is 149 Å². The molecule has 1 fully saturated rings. The Hall–Kier alpha value is -0.493. The summed E-state index contributed by atoms with van der Waals surface area (Å²) >= 11 is 7.58. The van der Waals surface area contributed by atoms with Gasteiger partial charge >= 0.3 is 0 Å². The van der Waals surface area contributed by atoms with Crippen LogP contribution in [0.4, 0.5) is 0 Å². The number of carbonyl (C=O) groups excluding carboxylic acids is 1. The van der Waals surface area contributed by atoms with E-state index in [-0.39, 0.29) is 28.3 Å². The summed E-state index contributed by atoms with van der Waals surface area (Å²) < 4.78 is 6.41. The molecule has 1 N–H and O–H groups in total. The van der Waals surface area contributed by atoms with Crippen LogP contribution in [0.25, 0.3) is 0 Å². The number of hydrogen-bond donors (Lipinski definition) is 1. The number of carbonyl (C=O) groups is 1. The molecule has 3 nitrogen and oxygen atoms in total. The molecule has 1 aliphatic rings. The smallest absolute Gasteiger partial charge is 0.229 e. The molecule has 0 unspecified atom stereocenters. The molecule has 1 aromatic rings. The van der Waals surface area contributed by atoms with Gasteiger partial charge < -0.3 is 9.74 Å². The molecule has 0 saturated carbocycles. The van der Waals surface area contributed by atoms with Crippen molar-refractivity contribution in [3.63, 3.8) is 0 Å². The van der Waals surface area contributed by atoms with E-state index in [2.05, 4.69) is 39.2 Å². The average Bonchev–Trinajstić information content (AvgIpc) is 2.38. The molecular weight excluding hydrogens is 346 g/mol. The fourth-order valence-corrected chi connectivity index (χ4v) is 5.11. The highest BCUT2D eigenvalue weighted by Gasteiger charge is 2.47. The molecule has 1 saturated heterocycles. The van der Waals surface area contributed by atoms with E-state index in [4.69, 9.17) is 16.0 Å². The van der Waals surface area contributed by atoms with Crippen molar-refractivity contribution in [2.45, 2.75) is 62.2 Å². The zero-order chi connectivity index (χ0) is 17.4. The number of hydrogen-bond acceptors (Lipinski definition) is 3. The first-order chi connectivity index (χ1) is 10.5. The van der Waals surface area contributed by atoms with E-state index in [1.54, 1.807) is 11.8 Å². The third kappa shape index (κ3) is 4.32. The van der Waals surface area contributed by atoms with Crippen molar-refractivity contribution >= 4 is 37.6 Å². The Morgan fingerprint density at radius 1 is 1.26 bits per heavy atom. The second kappa shape index (κ2) is 6.79. The monoisotopic (exact) mass is 371 g/mol. The minimum atomic E-state index is -1.88. The number of β-lactam (4-membered cyclic amide) rings is 1. The van der Waals surface area contributed by atoms with Crippen molar-refractivity contribution in [1.29, 1.82) is 0 Å². The highest BCUT2D eigenvalue weighted by atomic mass is 35.5. The molecular formula is C17H26ClNO2SSi. The Morgan fingerprint density at radius 2 is 1.83 bits per heavy atom. The number of amides is 1. The van der Waals surface area contributed by atoms with Crippen LogP contribution in [0.3, 0.4) is 0 Å². The number of halogens is 1. The molecule has 23 heavy (non-hydrogen) atoms. The molecule has 0 aliphatic carbocycles. The summed E-state index contributed by atoms with van der Waals surface area (Å²) in [7, 11) is -1.88. The molecule has 0 spiro atoms. The van der Waals surface area contributed by atoms with E-state index in [9.17, 15) is 4.79 Å². The lowest BCUT2D eigenvalue weighted by Crippen LogP contribution is -2.62. The van der Waals surface area contributed by atoms with Gasteiger partial charge in [0.25, 0.3) is 0 Å². The van der Waals surface area contributed by atoms with Crippen molar-refractivity contribution in [2.75, 3.05) is 0 Å².